The third kappa shape index (κ3) is 2.17. The normalized spacial score (nSPS) is 24.9. The minimum Gasteiger partial charge on any atom is -0.330 e. The topological polar surface area (TPSA) is 81.2 Å². The Morgan fingerprint density at radius 2 is 2.28 bits per heavy atom. The summed E-state index contributed by atoms with van der Waals surface area (Å²) in [6.07, 6.45) is 4.43. The van der Waals surface area contributed by atoms with Crippen LogP contribution in [0.4, 0.5) is 0 Å². The molecule has 18 heavy (non-hydrogen) atoms. The summed E-state index contributed by atoms with van der Waals surface area (Å²) in [5, 5.41) is 4.15. The van der Waals surface area contributed by atoms with Gasteiger partial charge in [-0.1, -0.05) is 6.42 Å². The standard InChI is InChI=1S/C11H20N4O2S/c1-14-11(6-7-13-14)18(16,17)15(2)10-5-3-4-9(10)8-12/h6-7,9-10H,3-5,8,12H2,1-2H3. The number of sulfonamides is 1. The van der Waals surface area contributed by atoms with Crippen molar-refractivity contribution >= 4 is 10.0 Å². The van der Waals surface area contributed by atoms with Crippen LogP contribution >= 0.6 is 0 Å². The Labute approximate surface area is 108 Å². The van der Waals surface area contributed by atoms with Crippen molar-refractivity contribution in [2.75, 3.05) is 13.6 Å². The van der Waals surface area contributed by atoms with Gasteiger partial charge in [-0.3, -0.25) is 4.68 Å². The average molecular weight is 272 g/mol. The van der Waals surface area contributed by atoms with Gasteiger partial charge in [0.1, 0.15) is 0 Å². The van der Waals surface area contributed by atoms with E-state index in [1.165, 1.54) is 21.3 Å². The fraction of sp³-hybridized carbons (Fsp3) is 0.727. The second-order valence-corrected chi connectivity index (χ2v) is 6.75. The zero-order chi connectivity index (χ0) is 13.3. The van der Waals surface area contributed by atoms with E-state index in [2.05, 4.69) is 5.10 Å². The van der Waals surface area contributed by atoms with Crippen LogP contribution < -0.4 is 5.73 Å². The van der Waals surface area contributed by atoms with E-state index >= 15 is 0 Å². The molecule has 2 unspecified atom stereocenters. The molecule has 0 spiro atoms. The highest BCUT2D eigenvalue weighted by atomic mass is 32.2. The molecule has 0 saturated heterocycles. The summed E-state index contributed by atoms with van der Waals surface area (Å²) in [7, 11) is -0.200. The highest BCUT2D eigenvalue weighted by Gasteiger charge is 2.36. The molecule has 1 aromatic heterocycles. The predicted octanol–water partition coefficient (Wildman–Crippen LogP) is 0.168. The van der Waals surface area contributed by atoms with E-state index in [1.54, 1.807) is 14.1 Å². The number of rotatable bonds is 4. The molecule has 2 N–H and O–H groups in total. The third-order valence-corrected chi connectivity index (χ3v) is 5.77. The quantitative estimate of drug-likeness (QED) is 0.847. The van der Waals surface area contributed by atoms with Crippen molar-refractivity contribution in [2.24, 2.45) is 18.7 Å². The van der Waals surface area contributed by atoms with E-state index < -0.39 is 10.0 Å². The first-order valence-corrected chi connectivity index (χ1v) is 7.58. The first-order valence-electron chi connectivity index (χ1n) is 6.14. The lowest BCUT2D eigenvalue weighted by atomic mass is 10.0. The molecule has 2 rings (SSSR count). The fourth-order valence-electron chi connectivity index (χ4n) is 2.71. The Morgan fingerprint density at radius 3 is 2.83 bits per heavy atom. The predicted molar refractivity (Wildman–Crippen MR) is 68.3 cm³/mol. The van der Waals surface area contributed by atoms with Crippen LogP contribution in [0.1, 0.15) is 19.3 Å². The van der Waals surface area contributed by atoms with Crippen LogP contribution in [0.3, 0.4) is 0 Å². The van der Waals surface area contributed by atoms with E-state index in [1.807, 2.05) is 0 Å². The van der Waals surface area contributed by atoms with Gasteiger partial charge in [0, 0.05) is 20.1 Å². The molecule has 1 fully saturated rings. The van der Waals surface area contributed by atoms with Crippen LogP contribution in [-0.4, -0.2) is 42.1 Å². The van der Waals surface area contributed by atoms with Gasteiger partial charge in [0.2, 0.25) is 0 Å². The van der Waals surface area contributed by atoms with Crippen molar-refractivity contribution in [3.63, 3.8) is 0 Å². The Hall–Kier alpha value is -0.920. The van der Waals surface area contributed by atoms with Crippen LogP contribution in [0.2, 0.25) is 0 Å². The lowest BCUT2D eigenvalue weighted by Crippen LogP contribution is -2.42. The van der Waals surface area contributed by atoms with Crippen molar-refractivity contribution in [1.82, 2.24) is 14.1 Å². The van der Waals surface area contributed by atoms with Crippen molar-refractivity contribution in [1.29, 1.82) is 0 Å². The van der Waals surface area contributed by atoms with Crippen LogP contribution in [-0.2, 0) is 17.1 Å². The summed E-state index contributed by atoms with van der Waals surface area (Å²) in [6, 6.07) is 1.54. The molecule has 0 radical (unpaired) electrons. The minimum absolute atomic E-state index is 0.00917. The maximum Gasteiger partial charge on any atom is 0.260 e. The average Bonchev–Trinajstić information content (AvgIpc) is 2.95. The smallest absolute Gasteiger partial charge is 0.260 e. The van der Waals surface area contributed by atoms with Gasteiger partial charge in [-0.15, -0.1) is 0 Å². The summed E-state index contributed by atoms with van der Waals surface area (Å²) in [4.78, 5) is 0. The molecule has 1 aliphatic carbocycles. The van der Waals surface area contributed by atoms with Gasteiger partial charge in [0.05, 0.1) is 6.20 Å². The van der Waals surface area contributed by atoms with Crippen molar-refractivity contribution in [2.45, 2.75) is 30.3 Å². The summed E-state index contributed by atoms with van der Waals surface area (Å²) in [6.45, 7) is 0.538. The summed E-state index contributed by atoms with van der Waals surface area (Å²) < 4.78 is 27.8. The molecule has 0 aromatic carbocycles. The zero-order valence-corrected chi connectivity index (χ0v) is 11.6. The van der Waals surface area contributed by atoms with Crippen molar-refractivity contribution in [3.8, 4) is 0 Å². The van der Waals surface area contributed by atoms with E-state index in [4.69, 9.17) is 5.73 Å². The third-order valence-electron chi connectivity index (χ3n) is 3.81. The monoisotopic (exact) mass is 272 g/mol. The second-order valence-electron chi connectivity index (χ2n) is 4.81. The lowest BCUT2D eigenvalue weighted by molar-refractivity contribution is 0.302. The molecule has 1 saturated carbocycles. The number of hydrogen-bond donors (Lipinski definition) is 1. The van der Waals surface area contributed by atoms with E-state index in [0.29, 0.717) is 6.54 Å². The first kappa shape index (κ1) is 13.5. The van der Waals surface area contributed by atoms with E-state index in [9.17, 15) is 8.42 Å². The second kappa shape index (κ2) is 4.99. The molecule has 1 aromatic rings. The number of aryl methyl sites for hydroxylation is 1. The Bertz CT molecular complexity index is 511. The van der Waals surface area contributed by atoms with Crippen molar-refractivity contribution in [3.05, 3.63) is 12.3 Å². The molecule has 7 heteroatoms. The Kier molecular flexibility index (Phi) is 3.74. The highest BCUT2D eigenvalue weighted by molar-refractivity contribution is 7.89. The van der Waals surface area contributed by atoms with Gasteiger partial charge in [0.15, 0.2) is 5.03 Å². The highest BCUT2D eigenvalue weighted by Crippen LogP contribution is 2.31. The van der Waals surface area contributed by atoms with Crippen LogP contribution in [0.15, 0.2) is 17.3 Å². The molecule has 102 valence electrons. The Balaban J connectivity index is 2.28. The first-order chi connectivity index (χ1) is 8.48. The van der Waals surface area contributed by atoms with Gasteiger partial charge < -0.3 is 5.73 Å². The van der Waals surface area contributed by atoms with Gasteiger partial charge in [-0.2, -0.15) is 9.40 Å². The number of hydrogen-bond acceptors (Lipinski definition) is 4. The van der Waals surface area contributed by atoms with Gasteiger partial charge in [-0.25, -0.2) is 8.42 Å². The number of nitrogens with two attached hydrogens (primary N) is 1. The molecule has 0 aliphatic heterocycles. The molecule has 6 nitrogen and oxygen atoms in total. The van der Waals surface area contributed by atoms with Crippen LogP contribution in [0.5, 0.6) is 0 Å². The van der Waals surface area contributed by atoms with Crippen LogP contribution in [0.25, 0.3) is 0 Å². The maximum absolute atomic E-state index is 12.5. The molecule has 1 aliphatic rings. The number of aromatic nitrogens is 2. The van der Waals surface area contributed by atoms with Crippen molar-refractivity contribution < 1.29 is 8.42 Å². The largest absolute Gasteiger partial charge is 0.330 e. The fourth-order valence-corrected chi connectivity index (χ4v) is 4.25. The molecule has 0 bridgehead atoms. The molecule has 2 atom stereocenters. The molecule has 1 heterocycles. The van der Waals surface area contributed by atoms with Gasteiger partial charge in [0.25, 0.3) is 10.0 Å². The summed E-state index contributed by atoms with van der Waals surface area (Å²) in [5.74, 6) is 0.262. The van der Waals surface area contributed by atoms with Gasteiger partial charge in [-0.05, 0) is 31.4 Å². The minimum atomic E-state index is -3.47. The maximum atomic E-state index is 12.5. The SMILES string of the molecule is CN(C1CCCC1CN)S(=O)(=O)c1ccnn1C. The zero-order valence-electron chi connectivity index (χ0n) is 10.8. The van der Waals surface area contributed by atoms with E-state index in [-0.39, 0.29) is 17.0 Å². The van der Waals surface area contributed by atoms with Crippen LogP contribution in [0, 0.1) is 5.92 Å². The van der Waals surface area contributed by atoms with Gasteiger partial charge >= 0.3 is 0 Å². The summed E-state index contributed by atoms with van der Waals surface area (Å²) >= 11 is 0. The lowest BCUT2D eigenvalue weighted by Gasteiger charge is -2.28. The molecular weight excluding hydrogens is 252 g/mol. The van der Waals surface area contributed by atoms with E-state index in [0.717, 1.165) is 19.3 Å². The molecular formula is C11H20N4O2S. The summed E-state index contributed by atoms with van der Waals surface area (Å²) in [5.41, 5.74) is 5.71. The molecule has 0 amide bonds. The number of nitrogens with zero attached hydrogens (tertiary/aromatic N) is 3. The Morgan fingerprint density at radius 1 is 1.56 bits per heavy atom.